The summed E-state index contributed by atoms with van der Waals surface area (Å²) in [4.78, 5) is 31.8. The lowest BCUT2D eigenvalue weighted by molar-refractivity contribution is -0.120. The second-order valence-electron chi connectivity index (χ2n) is 6.35. The molecule has 0 bridgehead atoms. The van der Waals surface area contributed by atoms with Crippen molar-refractivity contribution in [2.75, 3.05) is 13.7 Å². The molecule has 2 aromatic rings. The molecule has 2 heterocycles. The van der Waals surface area contributed by atoms with Crippen LogP contribution in [0.25, 0.3) is 10.2 Å². The highest BCUT2D eigenvalue weighted by Crippen LogP contribution is 2.30. The summed E-state index contributed by atoms with van der Waals surface area (Å²) < 4.78 is 6.78. The normalized spacial score (nSPS) is 15.5. The second kappa shape index (κ2) is 7.47. The Morgan fingerprint density at radius 3 is 2.84 bits per heavy atom. The van der Waals surface area contributed by atoms with Gasteiger partial charge in [-0.3, -0.25) is 14.2 Å². The molecule has 1 aliphatic carbocycles. The van der Waals surface area contributed by atoms with E-state index in [4.69, 9.17) is 9.72 Å². The number of methoxy groups -OCH3 is 1. The molecule has 0 aromatic carbocycles. The molecular formula is C17H23N3O3S2. The smallest absolute Gasteiger partial charge is 0.263 e. The molecule has 0 spiro atoms. The number of rotatable bonds is 7. The number of hydrogen-bond acceptors (Lipinski definition) is 6. The topological polar surface area (TPSA) is 73.2 Å². The number of amides is 1. The third-order valence-electron chi connectivity index (χ3n) is 4.35. The van der Waals surface area contributed by atoms with Crippen LogP contribution in [0.15, 0.2) is 9.95 Å². The molecule has 6 nitrogen and oxygen atoms in total. The molecule has 25 heavy (non-hydrogen) atoms. The molecule has 0 unspecified atom stereocenters. The molecule has 136 valence electrons. The zero-order chi connectivity index (χ0) is 18.1. The number of nitrogens with one attached hydrogen (secondary N) is 1. The van der Waals surface area contributed by atoms with E-state index in [0.29, 0.717) is 29.7 Å². The zero-order valence-corrected chi connectivity index (χ0v) is 16.6. The fraction of sp³-hybridized carbons (Fsp3) is 0.588. The first kappa shape index (κ1) is 18.4. The van der Waals surface area contributed by atoms with Crippen molar-refractivity contribution in [3.8, 4) is 0 Å². The van der Waals surface area contributed by atoms with Crippen molar-refractivity contribution >= 4 is 39.2 Å². The Balaban J connectivity index is 1.96. The van der Waals surface area contributed by atoms with Crippen molar-refractivity contribution in [2.45, 2.75) is 56.6 Å². The highest BCUT2D eigenvalue weighted by molar-refractivity contribution is 8.00. The molecule has 2 aromatic heterocycles. The van der Waals surface area contributed by atoms with Gasteiger partial charge in [-0.1, -0.05) is 11.8 Å². The van der Waals surface area contributed by atoms with Crippen LogP contribution in [0.1, 0.15) is 30.2 Å². The molecule has 0 aliphatic heterocycles. The molecule has 1 saturated carbocycles. The van der Waals surface area contributed by atoms with Gasteiger partial charge in [-0.2, -0.15) is 0 Å². The lowest BCUT2D eigenvalue weighted by Gasteiger charge is -2.15. The lowest BCUT2D eigenvalue weighted by atomic mass is 10.2. The Hall–Kier alpha value is -1.38. The summed E-state index contributed by atoms with van der Waals surface area (Å²) in [5.41, 5.74) is 0.931. The minimum Gasteiger partial charge on any atom is -0.383 e. The molecule has 1 amide bonds. The van der Waals surface area contributed by atoms with Gasteiger partial charge >= 0.3 is 0 Å². The van der Waals surface area contributed by atoms with Crippen LogP contribution in [-0.4, -0.2) is 40.5 Å². The third kappa shape index (κ3) is 3.91. The molecule has 1 atom stereocenters. The van der Waals surface area contributed by atoms with Crippen LogP contribution in [0, 0.1) is 13.8 Å². The first-order valence-electron chi connectivity index (χ1n) is 8.39. The van der Waals surface area contributed by atoms with Gasteiger partial charge < -0.3 is 10.1 Å². The van der Waals surface area contributed by atoms with Gasteiger partial charge in [0.1, 0.15) is 4.83 Å². The van der Waals surface area contributed by atoms with Gasteiger partial charge in [-0.25, -0.2) is 4.98 Å². The monoisotopic (exact) mass is 381 g/mol. The average molecular weight is 382 g/mol. The van der Waals surface area contributed by atoms with Crippen LogP contribution in [0.2, 0.25) is 0 Å². The van der Waals surface area contributed by atoms with E-state index in [-0.39, 0.29) is 16.7 Å². The summed E-state index contributed by atoms with van der Waals surface area (Å²) in [7, 11) is 1.61. The number of aromatic nitrogens is 2. The Labute approximate surface area is 155 Å². The fourth-order valence-corrected chi connectivity index (χ4v) is 4.55. The number of carbonyl (C=O) groups excluding carboxylic acids is 1. The van der Waals surface area contributed by atoms with Gasteiger partial charge in [-0.15, -0.1) is 11.3 Å². The van der Waals surface area contributed by atoms with Gasteiger partial charge in [0.25, 0.3) is 5.56 Å². The first-order valence-corrected chi connectivity index (χ1v) is 10.1. The number of ether oxygens (including phenoxy) is 1. The van der Waals surface area contributed by atoms with Gasteiger partial charge in [0.05, 0.1) is 23.8 Å². The molecule has 1 N–H and O–H groups in total. The Bertz CT molecular complexity index is 855. The number of hydrogen-bond donors (Lipinski definition) is 1. The number of thiophene rings is 1. The number of thioether (sulfide) groups is 1. The van der Waals surface area contributed by atoms with E-state index in [0.717, 1.165) is 28.1 Å². The number of aryl methyl sites for hydroxylation is 2. The van der Waals surface area contributed by atoms with Crippen LogP contribution in [0.5, 0.6) is 0 Å². The van der Waals surface area contributed by atoms with Crippen LogP contribution in [0.3, 0.4) is 0 Å². The van der Waals surface area contributed by atoms with Gasteiger partial charge in [-0.05, 0) is 39.2 Å². The highest BCUT2D eigenvalue weighted by Gasteiger charge is 2.27. The standard InChI is InChI=1S/C17H23N3O3S2/c1-9-10(2)24-15-13(9)16(22)20(7-8-23-4)17(19-15)25-11(3)14(21)18-12-5-6-12/h11-12H,5-8H2,1-4H3,(H,18,21)/t11-/m1/s1. The van der Waals surface area contributed by atoms with E-state index in [9.17, 15) is 9.59 Å². The molecular weight excluding hydrogens is 358 g/mol. The van der Waals surface area contributed by atoms with Gasteiger partial charge in [0.15, 0.2) is 5.16 Å². The minimum atomic E-state index is -0.305. The van der Waals surface area contributed by atoms with Crippen molar-refractivity contribution in [3.05, 3.63) is 20.8 Å². The predicted octanol–water partition coefficient (Wildman–Crippen LogP) is 2.48. The average Bonchev–Trinajstić information content (AvgIpc) is 3.32. The zero-order valence-electron chi connectivity index (χ0n) is 14.9. The van der Waals surface area contributed by atoms with Crippen LogP contribution in [-0.2, 0) is 16.1 Å². The molecule has 1 aliphatic rings. The van der Waals surface area contributed by atoms with Gasteiger partial charge in [0.2, 0.25) is 5.91 Å². The van der Waals surface area contributed by atoms with Crippen molar-refractivity contribution in [2.24, 2.45) is 0 Å². The largest absolute Gasteiger partial charge is 0.383 e. The number of carbonyl (C=O) groups is 1. The summed E-state index contributed by atoms with van der Waals surface area (Å²) in [6.07, 6.45) is 2.11. The van der Waals surface area contributed by atoms with E-state index in [1.165, 1.54) is 23.1 Å². The van der Waals surface area contributed by atoms with E-state index in [2.05, 4.69) is 5.32 Å². The summed E-state index contributed by atoms with van der Waals surface area (Å²) in [6.45, 7) is 6.65. The predicted molar refractivity (Wildman–Crippen MR) is 102 cm³/mol. The Morgan fingerprint density at radius 1 is 1.48 bits per heavy atom. The SMILES string of the molecule is COCCn1c(S[C@H](C)C(=O)NC2CC2)nc2sc(C)c(C)c2c1=O. The molecule has 0 radical (unpaired) electrons. The quantitative estimate of drug-likeness (QED) is 0.589. The molecule has 1 fully saturated rings. The highest BCUT2D eigenvalue weighted by atomic mass is 32.2. The van der Waals surface area contributed by atoms with E-state index in [1.54, 1.807) is 11.7 Å². The van der Waals surface area contributed by atoms with Gasteiger partial charge in [0, 0.05) is 18.0 Å². The van der Waals surface area contributed by atoms with Crippen molar-refractivity contribution in [1.82, 2.24) is 14.9 Å². The van der Waals surface area contributed by atoms with Crippen LogP contribution in [0.4, 0.5) is 0 Å². The maximum atomic E-state index is 13.0. The van der Waals surface area contributed by atoms with Crippen molar-refractivity contribution in [3.63, 3.8) is 0 Å². The minimum absolute atomic E-state index is 0.00122. The molecule has 8 heteroatoms. The summed E-state index contributed by atoms with van der Waals surface area (Å²) >= 11 is 2.86. The lowest BCUT2D eigenvalue weighted by Crippen LogP contribution is -2.33. The fourth-order valence-electron chi connectivity index (χ4n) is 2.54. The maximum absolute atomic E-state index is 13.0. The first-order chi connectivity index (χ1) is 11.9. The molecule has 3 rings (SSSR count). The Kier molecular flexibility index (Phi) is 5.50. The van der Waals surface area contributed by atoms with Crippen LogP contribution >= 0.6 is 23.1 Å². The number of fused-ring (bicyclic) bond motifs is 1. The second-order valence-corrected chi connectivity index (χ2v) is 8.86. The van der Waals surface area contributed by atoms with Crippen LogP contribution < -0.4 is 10.9 Å². The Morgan fingerprint density at radius 2 is 2.20 bits per heavy atom. The summed E-state index contributed by atoms with van der Waals surface area (Å²) in [6, 6.07) is 0.323. The molecule has 0 saturated heterocycles. The summed E-state index contributed by atoms with van der Waals surface area (Å²) in [5, 5.41) is 3.96. The van der Waals surface area contributed by atoms with E-state index < -0.39 is 0 Å². The maximum Gasteiger partial charge on any atom is 0.263 e. The van der Waals surface area contributed by atoms with Crippen molar-refractivity contribution < 1.29 is 9.53 Å². The third-order valence-corrected chi connectivity index (χ3v) is 6.54. The van der Waals surface area contributed by atoms with E-state index in [1.807, 2.05) is 20.8 Å². The van der Waals surface area contributed by atoms with Crippen molar-refractivity contribution in [1.29, 1.82) is 0 Å². The summed E-state index contributed by atoms with van der Waals surface area (Å²) in [5.74, 6) is -0.00122. The van der Waals surface area contributed by atoms with E-state index >= 15 is 0 Å². The number of nitrogens with zero attached hydrogens (tertiary/aromatic N) is 2.